The van der Waals surface area contributed by atoms with Gasteiger partial charge in [-0.2, -0.15) is 0 Å². The Morgan fingerprint density at radius 2 is 1.88 bits per heavy atom. The van der Waals surface area contributed by atoms with Crippen molar-refractivity contribution in [2.24, 2.45) is 5.73 Å². The van der Waals surface area contributed by atoms with E-state index in [4.69, 9.17) is 10.5 Å². The Labute approximate surface area is 155 Å². The molecule has 0 atom stereocenters. The lowest BCUT2D eigenvalue weighted by Gasteiger charge is -2.26. The fraction of sp³-hybridized carbons (Fsp3) is 0.412. The fourth-order valence-corrected chi connectivity index (χ4v) is 2.69. The van der Waals surface area contributed by atoms with Gasteiger partial charge in [-0.05, 0) is 26.1 Å². The Morgan fingerprint density at radius 1 is 1.17 bits per heavy atom. The topological polar surface area (TPSA) is 64.3 Å². The number of aryl methyl sites for hydroxylation is 1. The first-order valence-corrected chi connectivity index (χ1v) is 7.61. The highest BCUT2D eigenvalue weighted by atomic mass is 35.5. The molecule has 0 unspecified atom stereocenters. The summed E-state index contributed by atoms with van der Waals surface area (Å²) in [6.07, 6.45) is 0.943. The Kier molecular flexibility index (Phi) is 7.90. The summed E-state index contributed by atoms with van der Waals surface area (Å²) in [5, 5.41) is 0. The molecule has 0 saturated heterocycles. The number of ether oxygens (including phenoxy) is 1. The largest absolute Gasteiger partial charge is 0.486 e. The van der Waals surface area contributed by atoms with Crippen molar-refractivity contribution in [2.45, 2.75) is 33.0 Å². The second kappa shape index (κ2) is 9.18. The minimum absolute atomic E-state index is 0. The normalized spacial score (nSPS) is 13.5. The summed E-state index contributed by atoms with van der Waals surface area (Å²) in [5.41, 5.74) is 10.3. The minimum Gasteiger partial charge on any atom is -0.486 e. The third-order valence-electron chi connectivity index (χ3n) is 3.97. The summed E-state index contributed by atoms with van der Waals surface area (Å²) in [4.78, 5) is 11.5. The molecule has 0 fully saturated rings. The number of fused-ring (bicyclic) bond motifs is 1. The summed E-state index contributed by atoms with van der Waals surface area (Å²) in [7, 11) is 2.11. The van der Waals surface area contributed by atoms with Crippen LogP contribution in [0, 0.1) is 6.92 Å². The van der Waals surface area contributed by atoms with Crippen LogP contribution in [-0.4, -0.2) is 28.5 Å². The molecule has 1 aromatic heterocycles. The number of aromatic nitrogens is 2. The van der Waals surface area contributed by atoms with E-state index in [2.05, 4.69) is 28.8 Å². The number of likely N-dealkylation sites (N-methyl/N-ethyl adjacent to an activating group) is 1. The van der Waals surface area contributed by atoms with E-state index in [1.165, 1.54) is 11.1 Å². The summed E-state index contributed by atoms with van der Waals surface area (Å²) in [5.74, 6) is 1.55. The van der Waals surface area contributed by atoms with E-state index in [0.717, 1.165) is 36.6 Å². The maximum atomic E-state index is 5.86. The zero-order chi connectivity index (χ0) is 15.5. The first-order valence-electron chi connectivity index (χ1n) is 7.61. The highest BCUT2D eigenvalue weighted by Crippen LogP contribution is 2.20. The smallest absolute Gasteiger partial charge is 0.166 e. The van der Waals surface area contributed by atoms with E-state index in [0.29, 0.717) is 19.0 Å². The van der Waals surface area contributed by atoms with Crippen molar-refractivity contribution in [3.8, 4) is 5.75 Å². The number of nitrogens with two attached hydrogens (primary N) is 1. The van der Waals surface area contributed by atoms with Crippen LogP contribution in [0.15, 0.2) is 24.3 Å². The number of benzene rings is 1. The van der Waals surface area contributed by atoms with Crippen LogP contribution in [0.5, 0.6) is 5.75 Å². The highest BCUT2D eigenvalue weighted by Gasteiger charge is 2.19. The Hall–Kier alpha value is -1.40. The SMILES string of the molecule is Cc1ccc(OCc2nc(CN)c3c(n2)CCN(C)C3)cc1.Cl.Cl. The molecule has 0 spiro atoms. The van der Waals surface area contributed by atoms with Crippen molar-refractivity contribution < 1.29 is 4.74 Å². The molecule has 1 aliphatic heterocycles. The molecule has 1 aromatic carbocycles. The maximum absolute atomic E-state index is 5.86. The third-order valence-corrected chi connectivity index (χ3v) is 3.97. The molecule has 7 heteroatoms. The number of hydrogen-bond acceptors (Lipinski definition) is 5. The average Bonchev–Trinajstić information content (AvgIpc) is 2.53. The predicted molar refractivity (Wildman–Crippen MR) is 100.0 cm³/mol. The van der Waals surface area contributed by atoms with Gasteiger partial charge in [-0.25, -0.2) is 9.97 Å². The number of rotatable bonds is 4. The molecular weight excluding hydrogens is 347 g/mol. The first-order chi connectivity index (χ1) is 10.7. The average molecular weight is 371 g/mol. The Bertz CT molecular complexity index is 647. The lowest BCUT2D eigenvalue weighted by atomic mass is 10.0. The van der Waals surface area contributed by atoms with Gasteiger partial charge in [0.2, 0.25) is 0 Å². The van der Waals surface area contributed by atoms with Crippen molar-refractivity contribution in [3.05, 3.63) is 52.6 Å². The molecule has 0 aliphatic carbocycles. The highest BCUT2D eigenvalue weighted by molar-refractivity contribution is 5.85. The predicted octanol–water partition coefficient (Wildman–Crippen LogP) is 2.65. The van der Waals surface area contributed by atoms with Crippen LogP contribution in [-0.2, 0) is 26.1 Å². The molecule has 0 saturated carbocycles. The summed E-state index contributed by atoms with van der Waals surface area (Å²) >= 11 is 0. The van der Waals surface area contributed by atoms with Gasteiger partial charge in [0.1, 0.15) is 12.4 Å². The van der Waals surface area contributed by atoms with Gasteiger partial charge in [0.05, 0.1) is 11.4 Å². The van der Waals surface area contributed by atoms with Gasteiger partial charge in [0.25, 0.3) is 0 Å². The van der Waals surface area contributed by atoms with Crippen LogP contribution in [0.1, 0.15) is 28.3 Å². The summed E-state index contributed by atoms with van der Waals surface area (Å²) < 4.78 is 5.78. The molecule has 0 bridgehead atoms. The van der Waals surface area contributed by atoms with E-state index in [-0.39, 0.29) is 24.8 Å². The second-order valence-corrected chi connectivity index (χ2v) is 5.81. The zero-order valence-corrected chi connectivity index (χ0v) is 15.6. The van der Waals surface area contributed by atoms with Crippen LogP contribution >= 0.6 is 24.8 Å². The Morgan fingerprint density at radius 3 is 2.54 bits per heavy atom. The molecule has 3 rings (SSSR count). The van der Waals surface area contributed by atoms with Crippen LogP contribution < -0.4 is 10.5 Å². The van der Waals surface area contributed by atoms with Gasteiger partial charge in [-0.3, -0.25) is 0 Å². The van der Waals surface area contributed by atoms with Crippen LogP contribution in [0.3, 0.4) is 0 Å². The van der Waals surface area contributed by atoms with Crippen molar-refractivity contribution in [2.75, 3.05) is 13.6 Å². The van der Waals surface area contributed by atoms with Crippen LogP contribution in [0.25, 0.3) is 0 Å². The molecular formula is C17H24Cl2N4O. The van der Waals surface area contributed by atoms with Crippen molar-refractivity contribution >= 4 is 24.8 Å². The fourth-order valence-electron chi connectivity index (χ4n) is 2.69. The van der Waals surface area contributed by atoms with E-state index >= 15 is 0 Å². The summed E-state index contributed by atoms with van der Waals surface area (Å²) in [6, 6.07) is 7.99. The standard InChI is InChI=1S/C17H22N4O.2ClH/c1-12-3-5-13(6-4-12)22-11-17-19-15-7-8-21(2)10-14(15)16(9-18)20-17;;/h3-6H,7-11,18H2,1-2H3;2*1H. The third kappa shape index (κ3) is 4.80. The van der Waals surface area contributed by atoms with Crippen LogP contribution in [0.4, 0.5) is 0 Å². The maximum Gasteiger partial charge on any atom is 0.166 e. The Balaban J connectivity index is 0.00000144. The van der Waals surface area contributed by atoms with E-state index in [1.807, 2.05) is 24.3 Å². The van der Waals surface area contributed by atoms with Crippen molar-refractivity contribution in [1.29, 1.82) is 0 Å². The molecule has 0 amide bonds. The second-order valence-electron chi connectivity index (χ2n) is 5.81. The van der Waals surface area contributed by atoms with Crippen molar-refractivity contribution in [3.63, 3.8) is 0 Å². The van der Waals surface area contributed by atoms with E-state index in [1.54, 1.807) is 0 Å². The monoisotopic (exact) mass is 370 g/mol. The van der Waals surface area contributed by atoms with Crippen molar-refractivity contribution in [1.82, 2.24) is 14.9 Å². The van der Waals surface area contributed by atoms with Gasteiger partial charge in [-0.15, -0.1) is 24.8 Å². The molecule has 24 heavy (non-hydrogen) atoms. The van der Waals surface area contributed by atoms with E-state index in [9.17, 15) is 0 Å². The molecule has 2 aromatic rings. The number of halogens is 2. The van der Waals surface area contributed by atoms with Gasteiger partial charge < -0.3 is 15.4 Å². The molecule has 1 aliphatic rings. The van der Waals surface area contributed by atoms with Crippen LogP contribution in [0.2, 0.25) is 0 Å². The molecule has 0 radical (unpaired) electrons. The number of hydrogen-bond donors (Lipinski definition) is 1. The lowest BCUT2D eigenvalue weighted by molar-refractivity contribution is 0.287. The summed E-state index contributed by atoms with van der Waals surface area (Å²) in [6.45, 7) is 4.77. The zero-order valence-electron chi connectivity index (χ0n) is 14.0. The molecule has 2 N–H and O–H groups in total. The van der Waals surface area contributed by atoms with Gasteiger partial charge >= 0.3 is 0 Å². The molecule has 5 nitrogen and oxygen atoms in total. The van der Waals surface area contributed by atoms with Gasteiger partial charge in [0, 0.05) is 31.6 Å². The molecule has 2 heterocycles. The minimum atomic E-state index is 0. The first kappa shape index (κ1) is 20.6. The van der Waals surface area contributed by atoms with Gasteiger partial charge in [-0.1, -0.05) is 17.7 Å². The number of nitrogens with zero attached hydrogens (tertiary/aromatic N) is 3. The quantitative estimate of drug-likeness (QED) is 0.895. The molecule has 132 valence electrons. The lowest BCUT2D eigenvalue weighted by Crippen LogP contribution is -2.30. The van der Waals surface area contributed by atoms with E-state index < -0.39 is 0 Å². The van der Waals surface area contributed by atoms with Gasteiger partial charge in [0.15, 0.2) is 5.82 Å².